The van der Waals surface area contributed by atoms with Crippen molar-refractivity contribution in [3.63, 3.8) is 0 Å². The predicted molar refractivity (Wildman–Crippen MR) is 63.3 cm³/mol. The van der Waals surface area contributed by atoms with Gasteiger partial charge in [-0.2, -0.15) is 13.2 Å². The zero-order chi connectivity index (χ0) is 15.1. The molecule has 1 N–H and O–H groups in total. The molecule has 112 valence electrons. The van der Waals surface area contributed by atoms with E-state index in [1.165, 1.54) is 0 Å². The molecule has 0 saturated heterocycles. The van der Waals surface area contributed by atoms with Crippen molar-refractivity contribution >= 4 is 11.9 Å². The summed E-state index contributed by atoms with van der Waals surface area (Å²) < 4.78 is 40.9. The Labute approximate surface area is 110 Å². The number of ether oxygens (including phenoxy) is 1. The van der Waals surface area contributed by atoms with E-state index >= 15 is 0 Å². The molecule has 0 radical (unpaired) electrons. The van der Waals surface area contributed by atoms with E-state index in [1.807, 2.05) is 13.8 Å². The number of hydrogen-bond donors (Lipinski definition) is 1. The molecule has 0 aromatic heterocycles. The number of carbonyl (C=O) groups is 2. The van der Waals surface area contributed by atoms with Crippen LogP contribution in [0.5, 0.6) is 0 Å². The van der Waals surface area contributed by atoms with Crippen LogP contribution >= 0.6 is 0 Å². The minimum absolute atomic E-state index is 0.00412. The molecule has 19 heavy (non-hydrogen) atoms. The van der Waals surface area contributed by atoms with Crippen molar-refractivity contribution in [2.75, 3.05) is 13.2 Å². The molecule has 0 aliphatic carbocycles. The molecule has 0 aliphatic rings. The fourth-order valence-electron chi connectivity index (χ4n) is 1.70. The number of nitrogens with one attached hydrogen (secondary N) is 1. The molecule has 0 saturated carbocycles. The highest BCUT2D eigenvalue weighted by Gasteiger charge is 2.38. The topological polar surface area (TPSA) is 55.4 Å². The first-order chi connectivity index (χ1) is 8.66. The van der Waals surface area contributed by atoms with Crippen LogP contribution in [0.2, 0.25) is 0 Å². The van der Waals surface area contributed by atoms with E-state index in [4.69, 9.17) is 4.74 Å². The zero-order valence-electron chi connectivity index (χ0n) is 11.3. The molecule has 0 unspecified atom stereocenters. The molecular weight excluding hydrogens is 263 g/mol. The number of alkyl halides is 3. The molecule has 0 rings (SSSR count). The number of carbonyl (C=O) groups excluding carboxylic acids is 2. The molecule has 4 nitrogen and oxygen atoms in total. The Morgan fingerprint density at radius 1 is 1.26 bits per heavy atom. The highest BCUT2D eigenvalue weighted by Crippen LogP contribution is 2.18. The van der Waals surface area contributed by atoms with Gasteiger partial charge in [-0.1, -0.05) is 13.8 Å². The fourth-order valence-corrected chi connectivity index (χ4v) is 1.70. The van der Waals surface area contributed by atoms with Gasteiger partial charge in [-0.05, 0) is 25.2 Å². The van der Waals surface area contributed by atoms with Crippen LogP contribution in [0.25, 0.3) is 0 Å². The summed E-state index contributed by atoms with van der Waals surface area (Å²) in [6, 6.07) is 0. The van der Waals surface area contributed by atoms with Gasteiger partial charge in [0.2, 0.25) is 0 Å². The Morgan fingerprint density at radius 2 is 1.84 bits per heavy atom. The normalized spacial score (nSPS) is 13.2. The quantitative estimate of drug-likeness (QED) is 0.729. The average molecular weight is 283 g/mol. The molecule has 7 heteroatoms. The monoisotopic (exact) mass is 283 g/mol. The lowest BCUT2D eigenvalue weighted by atomic mass is 9.94. The van der Waals surface area contributed by atoms with Crippen LogP contribution in [-0.4, -0.2) is 31.2 Å². The number of hydrogen-bond acceptors (Lipinski definition) is 3. The number of halogens is 3. The van der Waals surface area contributed by atoms with Crippen molar-refractivity contribution in [3.8, 4) is 0 Å². The van der Waals surface area contributed by atoms with Crippen molar-refractivity contribution < 1.29 is 27.5 Å². The summed E-state index contributed by atoms with van der Waals surface area (Å²) in [5.74, 6) is -2.59. The fraction of sp³-hybridized carbons (Fsp3) is 0.833. The standard InChI is InChI=1S/C12H20F3NO3/c1-4-19-10(17)6-9(5-8(2)3)7-16-11(18)12(13,14)15/h8-9H,4-7H2,1-3H3,(H,16,18)/t9-/m0/s1. The summed E-state index contributed by atoms with van der Waals surface area (Å²) in [5.41, 5.74) is 0. The molecular formula is C12H20F3NO3. The largest absolute Gasteiger partial charge is 0.471 e. The maximum absolute atomic E-state index is 12.0. The van der Waals surface area contributed by atoms with Gasteiger partial charge in [0.25, 0.3) is 0 Å². The van der Waals surface area contributed by atoms with Gasteiger partial charge in [0.15, 0.2) is 0 Å². The second-order valence-corrected chi connectivity index (χ2v) is 4.71. The van der Waals surface area contributed by atoms with Gasteiger partial charge in [-0.25, -0.2) is 0 Å². The lowest BCUT2D eigenvalue weighted by Gasteiger charge is -2.19. The van der Waals surface area contributed by atoms with Gasteiger partial charge in [-0.3, -0.25) is 9.59 Å². The molecule has 0 heterocycles. The maximum atomic E-state index is 12.0. The third-order valence-electron chi connectivity index (χ3n) is 2.37. The Balaban J connectivity index is 4.35. The Hall–Kier alpha value is -1.27. The highest BCUT2D eigenvalue weighted by atomic mass is 19.4. The summed E-state index contributed by atoms with van der Waals surface area (Å²) >= 11 is 0. The Morgan fingerprint density at radius 3 is 2.26 bits per heavy atom. The van der Waals surface area contributed by atoms with Crippen LogP contribution in [0.15, 0.2) is 0 Å². The van der Waals surface area contributed by atoms with E-state index in [9.17, 15) is 22.8 Å². The van der Waals surface area contributed by atoms with E-state index in [2.05, 4.69) is 0 Å². The second kappa shape index (κ2) is 8.01. The van der Waals surface area contributed by atoms with Crippen LogP contribution in [0, 0.1) is 11.8 Å². The van der Waals surface area contributed by atoms with Crippen LogP contribution in [0.4, 0.5) is 13.2 Å². The van der Waals surface area contributed by atoms with Crippen molar-refractivity contribution in [2.45, 2.75) is 39.8 Å². The van der Waals surface area contributed by atoms with Crippen molar-refractivity contribution in [3.05, 3.63) is 0 Å². The van der Waals surface area contributed by atoms with Crippen molar-refractivity contribution in [1.29, 1.82) is 0 Å². The minimum Gasteiger partial charge on any atom is -0.466 e. The summed E-state index contributed by atoms with van der Waals surface area (Å²) in [7, 11) is 0. The van der Waals surface area contributed by atoms with Gasteiger partial charge < -0.3 is 10.1 Å². The molecule has 0 spiro atoms. The van der Waals surface area contributed by atoms with Crippen LogP contribution in [0.1, 0.15) is 33.6 Å². The maximum Gasteiger partial charge on any atom is 0.471 e. The molecule has 0 aromatic rings. The lowest BCUT2D eigenvalue weighted by molar-refractivity contribution is -0.173. The SMILES string of the molecule is CCOC(=O)C[C@@H](CNC(=O)C(F)(F)F)CC(C)C. The van der Waals surface area contributed by atoms with Crippen LogP contribution < -0.4 is 5.32 Å². The molecule has 0 fully saturated rings. The Kier molecular flexibility index (Phi) is 7.48. The third kappa shape index (κ3) is 8.45. The van der Waals surface area contributed by atoms with E-state index in [0.717, 1.165) is 0 Å². The number of amides is 1. The Bertz CT molecular complexity index is 303. The molecule has 0 bridgehead atoms. The van der Waals surface area contributed by atoms with Crippen LogP contribution in [-0.2, 0) is 14.3 Å². The minimum atomic E-state index is -4.90. The van der Waals surface area contributed by atoms with Crippen molar-refractivity contribution in [2.24, 2.45) is 11.8 Å². The van der Waals surface area contributed by atoms with E-state index in [0.29, 0.717) is 6.42 Å². The molecule has 1 amide bonds. The van der Waals surface area contributed by atoms with Gasteiger partial charge in [0, 0.05) is 6.54 Å². The first-order valence-corrected chi connectivity index (χ1v) is 6.17. The summed E-state index contributed by atoms with van der Waals surface area (Å²) in [4.78, 5) is 22.0. The number of esters is 1. The molecule has 0 aromatic carbocycles. The summed E-state index contributed by atoms with van der Waals surface area (Å²) in [5, 5.41) is 1.80. The smallest absolute Gasteiger partial charge is 0.466 e. The predicted octanol–water partition coefficient (Wildman–Crippen LogP) is 2.28. The summed E-state index contributed by atoms with van der Waals surface area (Å²) in [6.07, 6.45) is -4.35. The molecule has 1 atom stereocenters. The average Bonchev–Trinajstić information content (AvgIpc) is 2.23. The van der Waals surface area contributed by atoms with E-state index in [1.54, 1.807) is 12.2 Å². The molecule has 0 aliphatic heterocycles. The third-order valence-corrected chi connectivity index (χ3v) is 2.37. The van der Waals surface area contributed by atoms with Gasteiger partial charge in [0.1, 0.15) is 0 Å². The lowest BCUT2D eigenvalue weighted by Crippen LogP contribution is -2.40. The highest BCUT2D eigenvalue weighted by molar-refractivity contribution is 5.81. The van der Waals surface area contributed by atoms with E-state index in [-0.39, 0.29) is 31.4 Å². The van der Waals surface area contributed by atoms with Gasteiger partial charge >= 0.3 is 18.1 Å². The first-order valence-electron chi connectivity index (χ1n) is 6.17. The van der Waals surface area contributed by atoms with Gasteiger partial charge in [-0.15, -0.1) is 0 Å². The van der Waals surface area contributed by atoms with E-state index < -0.39 is 18.1 Å². The van der Waals surface area contributed by atoms with Crippen LogP contribution in [0.3, 0.4) is 0 Å². The van der Waals surface area contributed by atoms with Gasteiger partial charge in [0.05, 0.1) is 13.0 Å². The summed E-state index contributed by atoms with van der Waals surface area (Å²) in [6.45, 7) is 5.48. The second-order valence-electron chi connectivity index (χ2n) is 4.71. The number of rotatable bonds is 7. The van der Waals surface area contributed by atoms with Crippen molar-refractivity contribution in [1.82, 2.24) is 5.32 Å². The first kappa shape index (κ1) is 17.7. The zero-order valence-corrected chi connectivity index (χ0v) is 11.3.